The van der Waals surface area contributed by atoms with Crippen LogP contribution in [0.15, 0.2) is 23.3 Å². The Bertz CT molecular complexity index is 433. The SMILES string of the molecule is CC=NNC(=O)C(C)Oc1ccc(Cl)cc1C. The summed E-state index contributed by atoms with van der Waals surface area (Å²) in [5, 5.41) is 4.29. The van der Waals surface area contributed by atoms with Crippen molar-refractivity contribution in [1.82, 2.24) is 5.43 Å². The van der Waals surface area contributed by atoms with Crippen molar-refractivity contribution in [2.24, 2.45) is 5.10 Å². The third-order valence-electron chi connectivity index (χ3n) is 2.11. The van der Waals surface area contributed by atoms with E-state index in [-0.39, 0.29) is 5.91 Å². The smallest absolute Gasteiger partial charge is 0.280 e. The molecule has 0 aliphatic rings. The second-order valence-electron chi connectivity index (χ2n) is 3.53. The van der Waals surface area contributed by atoms with E-state index in [9.17, 15) is 4.79 Å². The second kappa shape index (κ2) is 6.25. The number of amides is 1. The maximum absolute atomic E-state index is 11.5. The van der Waals surface area contributed by atoms with Gasteiger partial charge in [0, 0.05) is 11.2 Å². The molecule has 1 amide bonds. The van der Waals surface area contributed by atoms with Crippen molar-refractivity contribution >= 4 is 23.7 Å². The normalized spacial score (nSPS) is 12.5. The van der Waals surface area contributed by atoms with Gasteiger partial charge in [-0.25, -0.2) is 5.43 Å². The summed E-state index contributed by atoms with van der Waals surface area (Å²) in [6.45, 7) is 5.25. The number of carbonyl (C=O) groups excluding carboxylic acids is 1. The largest absolute Gasteiger partial charge is 0.481 e. The molecule has 1 atom stereocenters. The summed E-state index contributed by atoms with van der Waals surface area (Å²) in [5.74, 6) is 0.343. The predicted octanol–water partition coefficient (Wildman–Crippen LogP) is 2.54. The lowest BCUT2D eigenvalue weighted by Crippen LogP contribution is -2.33. The van der Waals surface area contributed by atoms with Crippen molar-refractivity contribution in [2.45, 2.75) is 26.9 Å². The summed E-state index contributed by atoms with van der Waals surface area (Å²) >= 11 is 5.83. The Kier molecular flexibility index (Phi) is 4.97. The molecule has 92 valence electrons. The molecule has 0 aromatic heterocycles. The molecule has 1 aromatic rings. The lowest BCUT2D eigenvalue weighted by molar-refractivity contribution is -0.127. The van der Waals surface area contributed by atoms with E-state index >= 15 is 0 Å². The Morgan fingerprint density at radius 2 is 2.29 bits per heavy atom. The molecule has 1 rings (SSSR count). The zero-order valence-corrected chi connectivity index (χ0v) is 10.8. The number of carbonyl (C=O) groups is 1. The van der Waals surface area contributed by atoms with Gasteiger partial charge in [-0.2, -0.15) is 5.10 Å². The maximum Gasteiger partial charge on any atom is 0.280 e. The first-order valence-corrected chi connectivity index (χ1v) is 5.62. The number of nitrogens with one attached hydrogen (secondary N) is 1. The molecule has 0 radical (unpaired) electrons. The molecule has 1 aromatic carbocycles. The van der Waals surface area contributed by atoms with E-state index in [1.807, 2.05) is 6.92 Å². The molecule has 4 nitrogen and oxygen atoms in total. The van der Waals surface area contributed by atoms with Crippen LogP contribution in [-0.2, 0) is 4.79 Å². The molecule has 0 aliphatic carbocycles. The minimum atomic E-state index is -0.612. The third-order valence-corrected chi connectivity index (χ3v) is 2.35. The topological polar surface area (TPSA) is 50.7 Å². The van der Waals surface area contributed by atoms with Crippen LogP contribution in [-0.4, -0.2) is 18.2 Å². The lowest BCUT2D eigenvalue weighted by atomic mass is 10.2. The Morgan fingerprint density at radius 1 is 1.59 bits per heavy atom. The molecule has 1 N–H and O–H groups in total. The monoisotopic (exact) mass is 254 g/mol. The van der Waals surface area contributed by atoms with Crippen LogP contribution < -0.4 is 10.2 Å². The fourth-order valence-electron chi connectivity index (χ4n) is 1.21. The van der Waals surface area contributed by atoms with Crippen LogP contribution >= 0.6 is 11.6 Å². The summed E-state index contributed by atoms with van der Waals surface area (Å²) in [4.78, 5) is 11.5. The van der Waals surface area contributed by atoms with E-state index < -0.39 is 6.10 Å². The van der Waals surface area contributed by atoms with E-state index in [4.69, 9.17) is 16.3 Å². The van der Waals surface area contributed by atoms with Crippen LogP contribution in [0.4, 0.5) is 0 Å². The number of aryl methyl sites for hydroxylation is 1. The first kappa shape index (κ1) is 13.5. The van der Waals surface area contributed by atoms with Crippen molar-refractivity contribution in [2.75, 3.05) is 0 Å². The highest BCUT2D eigenvalue weighted by atomic mass is 35.5. The quantitative estimate of drug-likeness (QED) is 0.663. The molecule has 0 spiro atoms. The minimum absolute atomic E-state index is 0.294. The van der Waals surface area contributed by atoms with Crippen LogP contribution in [0.3, 0.4) is 0 Å². The summed E-state index contributed by atoms with van der Waals surface area (Å²) in [6, 6.07) is 5.24. The van der Waals surface area contributed by atoms with E-state index in [0.717, 1.165) is 5.56 Å². The summed E-state index contributed by atoms with van der Waals surface area (Å²) < 4.78 is 5.51. The van der Waals surface area contributed by atoms with E-state index in [1.54, 1.807) is 32.0 Å². The van der Waals surface area contributed by atoms with Crippen molar-refractivity contribution in [3.05, 3.63) is 28.8 Å². The maximum atomic E-state index is 11.5. The van der Waals surface area contributed by atoms with Crippen LogP contribution in [0.2, 0.25) is 5.02 Å². The first-order chi connectivity index (χ1) is 8.04. The van der Waals surface area contributed by atoms with Crippen LogP contribution in [0.25, 0.3) is 0 Å². The molecule has 0 saturated heterocycles. The highest BCUT2D eigenvalue weighted by Crippen LogP contribution is 2.22. The molecule has 17 heavy (non-hydrogen) atoms. The minimum Gasteiger partial charge on any atom is -0.481 e. The van der Waals surface area contributed by atoms with Gasteiger partial charge in [0.05, 0.1) is 0 Å². The zero-order chi connectivity index (χ0) is 12.8. The summed E-state index contributed by atoms with van der Waals surface area (Å²) in [7, 11) is 0. The highest BCUT2D eigenvalue weighted by molar-refractivity contribution is 6.30. The Hall–Kier alpha value is -1.55. The van der Waals surface area contributed by atoms with Crippen LogP contribution in [0, 0.1) is 6.92 Å². The highest BCUT2D eigenvalue weighted by Gasteiger charge is 2.14. The van der Waals surface area contributed by atoms with Gasteiger partial charge in [0.25, 0.3) is 5.91 Å². The average molecular weight is 255 g/mol. The lowest BCUT2D eigenvalue weighted by Gasteiger charge is -2.14. The standard InChI is InChI=1S/C12H15ClN2O2/c1-4-14-15-12(16)9(3)17-11-6-5-10(13)7-8(11)2/h4-7,9H,1-3H3,(H,15,16). The molecule has 5 heteroatoms. The number of hydrogen-bond acceptors (Lipinski definition) is 3. The van der Waals surface area contributed by atoms with Crippen molar-refractivity contribution < 1.29 is 9.53 Å². The second-order valence-corrected chi connectivity index (χ2v) is 3.97. The molecule has 1 unspecified atom stereocenters. The molecule has 0 fully saturated rings. The Morgan fingerprint density at radius 3 is 2.88 bits per heavy atom. The number of rotatable bonds is 4. The first-order valence-electron chi connectivity index (χ1n) is 5.25. The number of hydrogen-bond donors (Lipinski definition) is 1. The molecular weight excluding hydrogens is 240 g/mol. The van der Waals surface area contributed by atoms with Gasteiger partial charge in [0.2, 0.25) is 0 Å². The van der Waals surface area contributed by atoms with Gasteiger partial charge in [-0.3, -0.25) is 4.79 Å². The number of benzene rings is 1. The van der Waals surface area contributed by atoms with Gasteiger partial charge in [-0.1, -0.05) is 11.6 Å². The molecular formula is C12H15ClN2O2. The van der Waals surface area contributed by atoms with Crippen molar-refractivity contribution in [1.29, 1.82) is 0 Å². The molecule has 0 aliphatic heterocycles. The van der Waals surface area contributed by atoms with Crippen molar-refractivity contribution in [3.8, 4) is 5.75 Å². The summed E-state index contributed by atoms with van der Waals surface area (Å²) in [5.41, 5.74) is 3.25. The van der Waals surface area contributed by atoms with Crippen LogP contribution in [0.1, 0.15) is 19.4 Å². The van der Waals surface area contributed by atoms with E-state index in [2.05, 4.69) is 10.5 Å². The number of halogens is 1. The third kappa shape index (κ3) is 4.07. The molecule has 0 saturated carbocycles. The van der Waals surface area contributed by atoms with Crippen LogP contribution in [0.5, 0.6) is 5.75 Å². The van der Waals surface area contributed by atoms with Crippen molar-refractivity contribution in [3.63, 3.8) is 0 Å². The Labute approximate surface area is 106 Å². The van der Waals surface area contributed by atoms with Gasteiger partial charge in [-0.15, -0.1) is 0 Å². The van der Waals surface area contributed by atoms with Gasteiger partial charge in [-0.05, 0) is 44.5 Å². The van der Waals surface area contributed by atoms with Gasteiger partial charge in [0.15, 0.2) is 6.10 Å². The number of ether oxygens (including phenoxy) is 1. The van der Waals surface area contributed by atoms with Gasteiger partial charge < -0.3 is 4.74 Å². The predicted molar refractivity (Wildman–Crippen MR) is 68.6 cm³/mol. The fourth-order valence-corrected chi connectivity index (χ4v) is 1.43. The van der Waals surface area contributed by atoms with E-state index in [0.29, 0.717) is 10.8 Å². The molecule has 0 bridgehead atoms. The summed E-state index contributed by atoms with van der Waals surface area (Å²) in [6.07, 6.45) is 0.886. The molecule has 0 heterocycles. The zero-order valence-electron chi connectivity index (χ0n) is 10.0. The fraction of sp³-hybridized carbons (Fsp3) is 0.333. The van der Waals surface area contributed by atoms with Gasteiger partial charge in [0.1, 0.15) is 5.75 Å². The van der Waals surface area contributed by atoms with E-state index in [1.165, 1.54) is 6.21 Å². The average Bonchev–Trinajstić information content (AvgIpc) is 2.29. The van der Waals surface area contributed by atoms with Gasteiger partial charge >= 0.3 is 0 Å². The Balaban J connectivity index is 2.67. The number of hydrazone groups is 1. The number of nitrogens with zero attached hydrogens (tertiary/aromatic N) is 1.